The van der Waals surface area contributed by atoms with Crippen molar-refractivity contribution in [3.8, 4) is 0 Å². The maximum atomic E-state index is 2.35. The van der Waals surface area contributed by atoms with Gasteiger partial charge in [0.25, 0.3) is 0 Å². The lowest BCUT2D eigenvalue weighted by atomic mass is 9.89. The topological polar surface area (TPSA) is 4.44 Å². The molecule has 4 aromatic rings. The zero-order valence-electron chi connectivity index (χ0n) is 19.1. The first kappa shape index (κ1) is 20.9. The van der Waals surface area contributed by atoms with Gasteiger partial charge in [0, 0.05) is 16.7 Å². The zero-order chi connectivity index (χ0) is 22.6. The molecular weight excluding hydrogens is 398 g/mol. The van der Waals surface area contributed by atoms with Crippen LogP contribution in [-0.2, 0) is 0 Å². The van der Waals surface area contributed by atoms with Crippen molar-refractivity contribution < 1.29 is 4.90 Å². The van der Waals surface area contributed by atoms with Gasteiger partial charge in [-0.2, -0.15) is 0 Å². The van der Waals surface area contributed by atoms with Crippen LogP contribution < -0.4 is 4.90 Å². The number of hydrogen-bond donors (Lipinski definition) is 1. The summed E-state index contributed by atoms with van der Waals surface area (Å²) in [6.45, 7) is 0. The largest absolute Gasteiger partial charge is 0.313 e. The first-order valence-corrected chi connectivity index (χ1v) is 11.5. The van der Waals surface area contributed by atoms with Crippen molar-refractivity contribution in [1.29, 1.82) is 0 Å². The van der Waals surface area contributed by atoms with Crippen LogP contribution in [0, 0.1) is 0 Å². The number of rotatable bonds is 5. The molecule has 0 saturated heterocycles. The van der Waals surface area contributed by atoms with E-state index < -0.39 is 0 Å². The van der Waals surface area contributed by atoms with Gasteiger partial charge in [0.1, 0.15) is 6.20 Å². The SMILES string of the molecule is C[NH+](C)C=C1C(c2ccccc2)=C(c2ccccc2)C(c2ccccc2)=C1c1ccccc1. The van der Waals surface area contributed by atoms with Crippen LogP contribution in [0.3, 0.4) is 0 Å². The molecule has 0 aliphatic heterocycles. The highest BCUT2D eigenvalue weighted by Crippen LogP contribution is 2.54. The number of allylic oxidation sites excluding steroid dienone is 5. The van der Waals surface area contributed by atoms with Crippen molar-refractivity contribution in [2.75, 3.05) is 14.1 Å². The standard InChI is InChI=1S/C32H27N/c1-33(2)23-28-29(24-15-7-3-8-16-24)31(26-19-11-5-12-20-26)32(27-21-13-6-14-22-27)30(28)25-17-9-4-10-18-25/h3-23H,1-2H3/p+1. The molecule has 0 saturated carbocycles. The van der Waals surface area contributed by atoms with E-state index in [1.54, 1.807) is 0 Å². The Kier molecular flexibility index (Phi) is 5.89. The highest BCUT2D eigenvalue weighted by molar-refractivity contribution is 6.34. The van der Waals surface area contributed by atoms with Gasteiger partial charge in [-0.3, -0.25) is 0 Å². The molecule has 0 amide bonds. The summed E-state index contributed by atoms with van der Waals surface area (Å²) in [5.74, 6) is 0. The van der Waals surface area contributed by atoms with Gasteiger partial charge < -0.3 is 4.90 Å². The van der Waals surface area contributed by atoms with Gasteiger partial charge >= 0.3 is 0 Å². The summed E-state index contributed by atoms with van der Waals surface area (Å²) < 4.78 is 0. The lowest BCUT2D eigenvalue weighted by Crippen LogP contribution is -3.00. The maximum Gasteiger partial charge on any atom is 0.102 e. The van der Waals surface area contributed by atoms with Gasteiger partial charge in [-0.05, 0) is 33.4 Å². The quantitative estimate of drug-likeness (QED) is 0.385. The van der Waals surface area contributed by atoms with Gasteiger partial charge in [-0.15, -0.1) is 0 Å². The molecule has 0 bridgehead atoms. The van der Waals surface area contributed by atoms with E-state index in [4.69, 9.17) is 0 Å². The van der Waals surface area contributed by atoms with Crippen molar-refractivity contribution in [3.63, 3.8) is 0 Å². The maximum absolute atomic E-state index is 2.35. The van der Waals surface area contributed by atoms with Gasteiger partial charge in [-0.1, -0.05) is 121 Å². The molecule has 0 spiro atoms. The normalized spacial score (nSPS) is 13.7. The molecule has 5 rings (SSSR count). The Hall–Kier alpha value is -3.94. The second-order valence-electron chi connectivity index (χ2n) is 8.60. The number of nitrogens with one attached hydrogen (secondary N) is 1. The third-order valence-corrected chi connectivity index (χ3v) is 5.97. The predicted molar refractivity (Wildman–Crippen MR) is 140 cm³/mol. The summed E-state index contributed by atoms with van der Waals surface area (Å²) in [5, 5.41) is 0. The lowest BCUT2D eigenvalue weighted by molar-refractivity contribution is -0.801. The number of benzene rings is 4. The van der Waals surface area contributed by atoms with E-state index in [0.29, 0.717) is 0 Å². The van der Waals surface area contributed by atoms with Crippen LogP contribution in [0.4, 0.5) is 0 Å². The van der Waals surface area contributed by atoms with E-state index in [-0.39, 0.29) is 0 Å². The summed E-state index contributed by atoms with van der Waals surface area (Å²) in [6.07, 6.45) is 2.35. The minimum Gasteiger partial charge on any atom is -0.313 e. The average Bonchev–Trinajstić information content (AvgIpc) is 3.20. The second kappa shape index (κ2) is 9.28. The fraction of sp³-hybridized carbons (Fsp3) is 0.0625. The Morgan fingerprint density at radius 1 is 0.394 bits per heavy atom. The Morgan fingerprint density at radius 2 is 0.667 bits per heavy atom. The van der Waals surface area contributed by atoms with Crippen LogP contribution in [0.1, 0.15) is 22.3 Å². The minimum absolute atomic E-state index is 1.24. The summed E-state index contributed by atoms with van der Waals surface area (Å²) in [6, 6.07) is 43.3. The molecule has 33 heavy (non-hydrogen) atoms. The van der Waals surface area contributed by atoms with E-state index in [1.165, 1.54) is 55.0 Å². The molecule has 160 valence electrons. The van der Waals surface area contributed by atoms with Crippen molar-refractivity contribution >= 4 is 22.3 Å². The molecule has 1 nitrogen and oxygen atoms in total. The third-order valence-electron chi connectivity index (χ3n) is 5.97. The molecule has 1 N–H and O–H groups in total. The van der Waals surface area contributed by atoms with Gasteiger partial charge in [0.05, 0.1) is 14.1 Å². The van der Waals surface area contributed by atoms with Crippen molar-refractivity contribution in [2.45, 2.75) is 0 Å². The minimum atomic E-state index is 1.24. The van der Waals surface area contributed by atoms with Gasteiger partial charge in [-0.25, -0.2) is 0 Å². The van der Waals surface area contributed by atoms with Crippen LogP contribution in [0.15, 0.2) is 133 Å². The molecule has 0 heterocycles. The Labute approximate surface area is 196 Å². The summed E-state index contributed by atoms with van der Waals surface area (Å²) in [5.41, 5.74) is 11.4. The zero-order valence-corrected chi connectivity index (χ0v) is 19.1. The molecule has 1 aliphatic carbocycles. The van der Waals surface area contributed by atoms with E-state index in [2.05, 4.69) is 142 Å². The van der Waals surface area contributed by atoms with Crippen LogP contribution in [0.5, 0.6) is 0 Å². The summed E-state index contributed by atoms with van der Waals surface area (Å²) >= 11 is 0. The number of quaternary nitrogens is 1. The highest BCUT2D eigenvalue weighted by atomic mass is 15.0. The number of hydrogen-bond acceptors (Lipinski definition) is 0. The van der Waals surface area contributed by atoms with Gasteiger partial charge in [0.2, 0.25) is 0 Å². The first-order valence-electron chi connectivity index (χ1n) is 11.5. The Morgan fingerprint density at radius 3 is 0.939 bits per heavy atom. The fourth-order valence-electron chi connectivity index (χ4n) is 4.67. The molecule has 0 atom stereocenters. The molecule has 0 aromatic heterocycles. The summed E-state index contributed by atoms with van der Waals surface area (Å²) in [7, 11) is 4.36. The monoisotopic (exact) mass is 426 g/mol. The lowest BCUT2D eigenvalue weighted by Gasteiger charge is -2.14. The van der Waals surface area contributed by atoms with Crippen LogP contribution >= 0.6 is 0 Å². The third kappa shape index (κ3) is 4.11. The smallest absolute Gasteiger partial charge is 0.102 e. The molecule has 1 aliphatic rings. The fourth-order valence-corrected chi connectivity index (χ4v) is 4.67. The van der Waals surface area contributed by atoms with E-state index in [0.717, 1.165) is 0 Å². The Balaban J connectivity index is 1.94. The second-order valence-corrected chi connectivity index (χ2v) is 8.60. The molecular formula is C32H28N+. The van der Waals surface area contributed by atoms with Crippen molar-refractivity contribution in [2.24, 2.45) is 0 Å². The van der Waals surface area contributed by atoms with E-state index >= 15 is 0 Å². The Bertz CT molecular complexity index is 1230. The highest BCUT2D eigenvalue weighted by Gasteiger charge is 2.33. The summed E-state index contributed by atoms with van der Waals surface area (Å²) in [4.78, 5) is 1.29. The molecule has 4 aromatic carbocycles. The average molecular weight is 427 g/mol. The van der Waals surface area contributed by atoms with Crippen molar-refractivity contribution in [1.82, 2.24) is 0 Å². The van der Waals surface area contributed by atoms with Crippen molar-refractivity contribution in [3.05, 3.63) is 155 Å². The first-order chi connectivity index (χ1) is 16.2. The van der Waals surface area contributed by atoms with Crippen LogP contribution in [-0.4, -0.2) is 14.1 Å². The molecule has 0 unspecified atom stereocenters. The van der Waals surface area contributed by atoms with E-state index in [9.17, 15) is 0 Å². The van der Waals surface area contributed by atoms with E-state index in [1.807, 2.05) is 0 Å². The molecule has 1 heteroatoms. The molecule has 0 fully saturated rings. The van der Waals surface area contributed by atoms with Crippen LogP contribution in [0.2, 0.25) is 0 Å². The molecule has 0 radical (unpaired) electrons. The predicted octanol–water partition coefficient (Wildman–Crippen LogP) is 6.25. The van der Waals surface area contributed by atoms with Crippen LogP contribution in [0.25, 0.3) is 22.3 Å². The van der Waals surface area contributed by atoms with Gasteiger partial charge in [0.15, 0.2) is 0 Å².